The van der Waals surface area contributed by atoms with Gasteiger partial charge in [0.2, 0.25) is 5.43 Å². The van der Waals surface area contributed by atoms with Crippen LogP contribution in [-0.2, 0) is 11.3 Å². The van der Waals surface area contributed by atoms with Crippen molar-refractivity contribution in [2.75, 3.05) is 0 Å². The Balaban J connectivity index is 1.41. The standard InChI is InChI=1S/C26H17ClN4O4/c27-18-11-9-16(10-12-18)24-19-5-1-2-6-20(19)26(34)31(30-24)14-23(32)29-28-13-17-15-35-22-8-4-3-7-21(22)25(17)33/h1-13,15H,14H2,(H,29,32)/b28-13+. The topological polar surface area (TPSA) is 107 Å². The molecule has 2 aromatic heterocycles. The molecule has 0 saturated carbocycles. The van der Waals surface area contributed by atoms with Gasteiger partial charge in [0, 0.05) is 16.0 Å². The fourth-order valence-electron chi connectivity index (χ4n) is 3.69. The molecule has 2 heterocycles. The lowest BCUT2D eigenvalue weighted by Gasteiger charge is -2.11. The summed E-state index contributed by atoms with van der Waals surface area (Å²) in [6.07, 6.45) is 2.47. The van der Waals surface area contributed by atoms with E-state index in [0.29, 0.717) is 32.5 Å². The minimum atomic E-state index is -0.585. The van der Waals surface area contributed by atoms with E-state index < -0.39 is 11.5 Å². The predicted molar refractivity (Wildman–Crippen MR) is 135 cm³/mol. The summed E-state index contributed by atoms with van der Waals surface area (Å²) in [5.74, 6) is -0.585. The van der Waals surface area contributed by atoms with Crippen LogP contribution < -0.4 is 16.4 Å². The molecule has 8 nitrogen and oxygen atoms in total. The fourth-order valence-corrected chi connectivity index (χ4v) is 3.82. The molecule has 172 valence electrons. The monoisotopic (exact) mass is 484 g/mol. The van der Waals surface area contributed by atoms with Crippen molar-refractivity contribution >= 4 is 45.5 Å². The molecule has 5 rings (SSSR count). The van der Waals surface area contributed by atoms with Crippen LogP contribution in [0.15, 0.2) is 98.2 Å². The maximum Gasteiger partial charge on any atom is 0.275 e. The Labute approximate surface area is 203 Å². The van der Waals surface area contributed by atoms with Crippen LogP contribution in [0.2, 0.25) is 5.02 Å². The number of nitrogens with zero attached hydrogens (tertiary/aromatic N) is 3. The van der Waals surface area contributed by atoms with Crippen molar-refractivity contribution in [1.82, 2.24) is 15.2 Å². The van der Waals surface area contributed by atoms with Crippen LogP contribution in [0.5, 0.6) is 0 Å². The summed E-state index contributed by atoms with van der Waals surface area (Å²) in [5, 5.41) is 10.4. The quantitative estimate of drug-likeness (QED) is 0.300. The maximum absolute atomic E-state index is 13.0. The number of nitrogens with one attached hydrogen (secondary N) is 1. The summed E-state index contributed by atoms with van der Waals surface area (Å²) in [4.78, 5) is 38.0. The number of fused-ring (bicyclic) bond motifs is 2. The summed E-state index contributed by atoms with van der Waals surface area (Å²) in [6.45, 7) is -0.367. The molecule has 0 spiro atoms. The van der Waals surface area contributed by atoms with Gasteiger partial charge in [0.15, 0.2) is 0 Å². The number of amides is 1. The lowest BCUT2D eigenvalue weighted by molar-refractivity contribution is -0.121. The van der Waals surface area contributed by atoms with Gasteiger partial charge in [-0.25, -0.2) is 10.1 Å². The number of hydrazone groups is 1. The van der Waals surface area contributed by atoms with Gasteiger partial charge in [-0.1, -0.05) is 54.1 Å². The van der Waals surface area contributed by atoms with Crippen LogP contribution in [0.1, 0.15) is 5.56 Å². The van der Waals surface area contributed by atoms with E-state index in [1.807, 2.05) is 6.07 Å². The zero-order valence-corrected chi connectivity index (χ0v) is 18.9. The van der Waals surface area contributed by atoms with Gasteiger partial charge in [-0.2, -0.15) is 10.2 Å². The van der Waals surface area contributed by atoms with Crippen LogP contribution in [0.25, 0.3) is 33.0 Å². The molecule has 0 saturated heterocycles. The molecule has 0 unspecified atom stereocenters. The van der Waals surface area contributed by atoms with Gasteiger partial charge < -0.3 is 4.42 Å². The second-order valence-electron chi connectivity index (χ2n) is 7.67. The molecule has 0 aliphatic heterocycles. The van der Waals surface area contributed by atoms with E-state index >= 15 is 0 Å². The summed E-state index contributed by atoms with van der Waals surface area (Å²) < 4.78 is 6.51. The summed E-state index contributed by atoms with van der Waals surface area (Å²) >= 11 is 6.01. The van der Waals surface area contributed by atoms with Crippen LogP contribution in [0.3, 0.4) is 0 Å². The Bertz CT molecular complexity index is 1720. The van der Waals surface area contributed by atoms with Crippen molar-refractivity contribution in [2.45, 2.75) is 6.54 Å². The normalized spacial score (nSPS) is 11.3. The Kier molecular flexibility index (Phi) is 5.95. The van der Waals surface area contributed by atoms with Crippen LogP contribution >= 0.6 is 11.6 Å². The Hall–Kier alpha value is -4.56. The Morgan fingerprint density at radius 3 is 2.43 bits per heavy atom. The fraction of sp³-hybridized carbons (Fsp3) is 0.0385. The van der Waals surface area contributed by atoms with Crippen LogP contribution in [0.4, 0.5) is 0 Å². The third-order valence-corrected chi connectivity index (χ3v) is 5.63. The molecule has 0 aliphatic carbocycles. The van der Waals surface area contributed by atoms with Crippen LogP contribution in [-0.4, -0.2) is 21.9 Å². The molecule has 0 aliphatic rings. The van der Waals surface area contributed by atoms with E-state index in [4.69, 9.17) is 16.0 Å². The molecule has 35 heavy (non-hydrogen) atoms. The lowest BCUT2D eigenvalue weighted by atomic mass is 10.1. The minimum Gasteiger partial charge on any atom is -0.463 e. The number of carbonyl (C=O) groups excluding carboxylic acids is 1. The van der Waals surface area contributed by atoms with Gasteiger partial charge in [-0.15, -0.1) is 0 Å². The van der Waals surface area contributed by atoms with E-state index in [0.717, 1.165) is 10.2 Å². The van der Waals surface area contributed by atoms with Crippen molar-refractivity contribution in [1.29, 1.82) is 0 Å². The number of benzene rings is 3. The first-order valence-corrected chi connectivity index (χ1v) is 11.0. The average Bonchev–Trinajstić information content (AvgIpc) is 2.88. The van der Waals surface area contributed by atoms with Gasteiger partial charge in [0.05, 0.1) is 28.2 Å². The van der Waals surface area contributed by atoms with Gasteiger partial charge in [-0.3, -0.25) is 14.4 Å². The van der Waals surface area contributed by atoms with Crippen molar-refractivity contribution in [2.24, 2.45) is 5.10 Å². The second-order valence-corrected chi connectivity index (χ2v) is 8.11. The predicted octanol–water partition coefficient (Wildman–Crippen LogP) is 3.97. The van der Waals surface area contributed by atoms with Gasteiger partial charge >= 0.3 is 0 Å². The van der Waals surface area contributed by atoms with E-state index in [1.54, 1.807) is 66.7 Å². The smallest absolute Gasteiger partial charge is 0.275 e. The number of para-hydroxylation sites is 1. The van der Waals surface area contributed by atoms with Crippen LogP contribution in [0, 0.1) is 0 Å². The zero-order chi connectivity index (χ0) is 24.4. The maximum atomic E-state index is 13.0. The highest BCUT2D eigenvalue weighted by molar-refractivity contribution is 6.30. The second kappa shape index (κ2) is 9.36. The Morgan fingerprint density at radius 2 is 1.66 bits per heavy atom. The first-order chi connectivity index (χ1) is 17.0. The number of hydrogen-bond donors (Lipinski definition) is 1. The average molecular weight is 485 g/mol. The minimum absolute atomic E-state index is 0.176. The molecule has 0 atom stereocenters. The van der Waals surface area contributed by atoms with Crippen molar-refractivity contribution in [3.63, 3.8) is 0 Å². The highest BCUT2D eigenvalue weighted by Crippen LogP contribution is 2.25. The van der Waals surface area contributed by atoms with Crippen molar-refractivity contribution in [3.05, 3.63) is 110 Å². The summed E-state index contributed by atoms with van der Waals surface area (Å²) in [5.41, 5.74) is 3.57. The van der Waals surface area contributed by atoms with E-state index in [1.165, 1.54) is 12.5 Å². The molecule has 1 N–H and O–H groups in total. The van der Waals surface area contributed by atoms with E-state index in [9.17, 15) is 14.4 Å². The number of aromatic nitrogens is 2. The Morgan fingerprint density at radius 1 is 0.971 bits per heavy atom. The molecule has 3 aromatic carbocycles. The number of hydrogen-bond acceptors (Lipinski definition) is 6. The third-order valence-electron chi connectivity index (χ3n) is 5.38. The van der Waals surface area contributed by atoms with Crippen molar-refractivity contribution < 1.29 is 9.21 Å². The number of halogens is 1. The number of carbonyl (C=O) groups is 1. The van der Waals surface area contributed by atoms with Crippen molar-refractivity contribution in [3.8, 4) is 11.3 Å². The molecule has 0 bridgehead atoms. The largest absolute Gasteiger partial charge is 0.463 e. The van der Waals surface area contributed by atoms with Gasteiger partial charge in [0.1, 0.15) is 18.4 Å². The zero-order valence-electron chi connectivity index (χ0n) is 18.1. The summed E-state index contributed by atoms with van der Waals surface area (Å²) in [7, 11) is 0. The van der Waals surface area contributed by atoms with Gasteiger partial charge in [-0.05, 0) is 30.3 Å². The molecular formula is C26H17ClN4O4. The highest BCUT2D eigenvalue weighted by Gasteiger charge is 2.14. The summed E-state index contributed by atoms with van der Waals surface area (Å²) in [6, 6.07) is 20.9. The lowest BCUT2D eigenvalue weighted by Crippen LogP contribution is -2.32. The SMILES string of the molecule is O=C(Cn1nc(-c2ccc(Cl)cc2)c2ccccc2c1=O)N/N=C/c1coc2ccccc2c1=O. The third kappa shape index (κ3) is 4.47. The molecule has 5 aromatic rings. The molecule has 0 radical (unpaired) electrons. The van der Waals surface area contributed by atoms with Gasteiger partial charge in [0.25, 0.3) is 11.5 Å². The first-order valence-electron chi connectivity index (χ1n) is 10.6. The molecule has 0 fully saturated rings. The molecular weight excluding hydrogens is 468 g/mol. The highest BCUT2D eigenvalue weighted by atomic mass is 35.5. The van der Waals surface area contributed by atoms with E-state index in [2.05, 4.69) is 15.6 Å². The molecule has 1 amide bonds. The molecule has 9 heteroatoms. The number of rotatable bonds is 5. The first kappa shape index (κ1) is 22.2. The van der Waals surface area contributed by atoms with E-state index in [-0.39, 0.29) is 17.5 Å².